The molecule has 0 aromatic heterocycles. The van der Waals surface area contributed by atoms with E-state index in [0.29, 0.717) is 24.7 Å². The molecule has 3 rings (SSSR count). The van der Waals surface area contributed by atoms with Crippen LogP contribution in [0, 0.1) is 10.1 Å². The molecule has 0 atom stereocenters. The van der Waals surface area contributed by atoms with Gasteiger partial charge in [-0.25, -0.2) is 4.79 Å². The Morgan fingerprint density at radius 1 is 1.13 bits per heavy atom. The van der Waals surface area contributed by atoms with Crippen LogP contribution in [-0.2, 0) is 16.1 Å². The molecule has 1 aliphatic rings. The second-order valence-corrected chi connectivity index (χ2v) is 6.45. The van der Waals surface area contributed by atoms with Gasteiger partial charge >= 0.3 is 5.97 Å². The summed E-state index contributed by atoms with van der Waals surface area (Å²) in [6, 6.07) is 8.93. The molecule has 2 aromatic rings. The summed E-state index contributed by atoms with van der Waals surface area (Å²) >= 11 is 0. The van der Waals surface area contributed by atoms with Gasteiger partial charge in [-0.15, -0.1) is 0 Å². The van der Waals surface area contributed by atoms with Gasteiger partial charge < -0.3 is 23.8 Å². The number of benzene rings is 2. The maximum absolute atomic E-state index is 12.4. The number of hydrogen-bond acceptors (Lipinski definition) is 8. The van der Waals surface area contributed by atoms with E-state index < -0.39 is 23.4 Å². The summed E-state index contributed by atoms with van der Waals surface area (Å²) in [4.78, 5) is 36.4. The number of esters is 1. The molecule has 0 spiro atoms. The van der Waals surface area contributed by atoms with E-state index in [1.54, 1.807) is 19.2 Å². The third-order valence-corrected chi connectivity index (χ3v) is 4.39. The summed E-state index contributed by atoms with van der Waals surface area (Å²) < 4.78 is 21.1. The van der Waals surface area contributed by atoms with E-state index in [1.807, 2.05) is 6.07 Å². The van der Waals surface area contributed by atoms with Crippen LogP contribution in [0.25, 0.3) is 0 Å². The summed E-state index contributed by atoms with van der Waals surface area (Å²) in [6.07, 6.45) is 0. The fourth-order valence-corrected chi connectivity index (χ4v) is 2.83. The topological polar surface area (TPSA) is 117 Å². The van der Waals surface area contributed by atoms with Crippen LogP contribution < -0.4 is 14.2 Å². The molecule has 0 fully saturated rings. The summed E-state index contributed by atoms with van der Waals surface area (Å²) in [5.74, 6) is 0.0459. The molecule has 158 valence electrons. The molecular weight excluding hydrogens is 396 g/mol. The maximum atomic E-state index is 12.4. The van der Waals surface area contributed by atoms with Gasteiger partial charge in [-0.1, -0.05) is 6.07 Å². The number of nitro groups is 1. The molecule has 1 amide bonds. The lowest BCUT2D eigenvalue weighted by atomic mass is 10.2. The van der Waals surface area contributed by atoms with E-state index >= 15 is 0 Å². The molecule has 1 heterocycles. The number of nitro benzene ring substituents is 1. The minimum Gasteiger partial charge on any atom is -0.496 e. The molecule has 0 saturated heterocycles. The minimum atomic E-state index is -0.892. The Morgan fingerprint density at radius 3 is 2.57 bits per heavy atom. The van der Waals surface area contributed by atoms with Crippen molar-refractivity contribution in [3.8, 4) is 17.2 Å². The minimum absolute atomic E-state index is 0.114. The molecule has 0 aliphatic carbocycles. The lowest BCUT2D eigenvalue weighted by Gasteiger charge is -2.21. The quantitative estimate of drug-likeness (QED) is 0.383. The Bertz CT molecular complexity index is 975. The van der Waals surface area contributed by atoms with Gasteiger partial charge in [-0.2, -0.15) is 0 Å². The van der Waals surface area contributed by atoms with E-state index in [4.69, 9.17) is 18.9 Å². The molecule has 1 aliphatic heterocycles. The number of rotatable bonds is 7. The molecule has 0 unspecified atom stereocenters. The Kier molecular flexibility index (Phi) is 6.35. The zero-order valence-electron chi connectivity index (χ0n) is 16.5. The highest BCUT2D eigenvalue weighted by Crippen LogP contribution is 2.31. The van der Waals surface area contributed by atoms with Crippen LogP contribution in [0.4, 0.5) is 5.69 Å². The van der Waals surface area contributed by atoms with Crippen molar-refractivity contribution < 1.29 is 33.5 Å². The second-order valence-electron chi connectivity index (χ2n) is 6.45. The zero-order valence-corrected chi connectivity index (χ0v) is 16.5. The van der Waals surface area contributed by atoms with Gasteiger partial charge in [0.1, 0.15) is 24.5 Å². The van der Waals surface area contributed by atoms with Gasteiger partial charge in [0.2, 0.25) is 0 Å². The lowest BCUT2D eigenvalue weighted by Crippen LogP contribution is -2.31. The van der Waals surface area contributed by atoms with Crippen LogP contribution in [0.5, 0.6) is 17.2 Å². The third-order valence-electron chi connectivity index (χ3n) is 4.39. The predicted molar refractivity (Wildman–Crippen MR) is 104 cm³/mol. The van der Waals surface area contributed by atoms with E-state index in [1.165, 1.54) is 24.1 Å². The number of amides is 1. The van der Waals surface area contributed by atoms with Crippen LogP contribution in [0.2, 0.25) is 0 Å². The number of nitrogens with zero attached hydrogens (tertiary/aromatic N) is 2. The second kappa shape index (κ2) is 9.12. The van der Waals surface area contributed by atoms with Crippen LogP contribution in [0.1, 0.15) is 15.9 Å². The Balaban J connectivity index is 1.60. The van der Waals surface area contributed by atoms with Crippen molar-refractivity contribution in [3.63, 3.8) is 0 Å². The third kappa shape index (κ3) is 4.77. The van der Waals surface area contributed by atoms with Crippen LogP contribution in [0.15, 0.2) is 36.4 Å². The van der Waals surface area contributed by atoms with Gasteiger partial charge in [-0.05, 0) is 23.8 Å². The van der Waals surface area contributed by atoms with E-state index in [0.717, 1.165) is 11.6 Å². The number of non-ortho nitro benzene ring substituents is 1. The first-order valence-corrected chi connectivity index (χ1v) is 9.01. The first kappa shape index (κ1) is 20.9. The van der Waals surface area contributed by atoms with Gasteiger partial charge in [0.25, 0.3) is 11.6 Å². The van der Waals surface area contributed by atoms with Crippen molar-refractivity contribution >= 4 is 17.6 Å². The van der Waals surface area contributed by atoms with E-state index in [9.17, 15) is 19.7 Å². The molecule has 10 nitrogen and oxygen atoms in total. The normalized spacial score (nSPS) is 12.1. The number of likely N-dealkylation sites (N-methyl/N-ethyl adjacent to an activating group) is 1. The van der Waals surface area contributed by atoms with Gasteiger partial charge in [-0.3, -0.25) is 14.9 Å². The van der Waals surface area contributed by atoms with Crippen LogP contribution >= 0.6 is 0 Å². The number of fused-ring (bicyclic) bond motifs is 1. The van der Waals surface area contributed by atoms with Crippen molar-refractivity contribution in [1.82, 2.24) is 4.90 Å². The van der Waals surface area contributed by atoms with Crippen molar-refractivity contribution in [2.75, 3.05) is 34.0 Å². The predicted octanol–water partition coefficient (Wildman–Crippen LogP) is 2.19. The highest BCUT2D eigenvalue weighted by atomic mass is 16.6. The highest BCUT2D eigenvalue weighted by Gasteiger charge is 2.21. The van der Waals surface area contributed by atoms with Crippen molar-refractivity contribution in [3.05, 3.63) is 57.6 Å². The Labute approximate surface area is 172 Å². The average Bonchev–Trinajstić information content (AvgIpc) is 2.76. The Morgan fingerprint density at radius 2 is 1.87 bits per heavy atom. The molecule has 0 bridgehead atoms. The van der Waals surface area contributed by atoms with Gasteiger partial charge in [0.05, 0.1) is 12.0 Å². The molecule has 2 aromatic carbocycles. The maximum Gasteiger partial charge on any atom is 0.342 e. The first-order valence-electron chi connectivity index (χ1n) is 9.01. The molecular formula is C20H20N2O8. The monoisotopic (exact) mass is 416 g/mol. The number of carbonyl (C=O) groups is 2. The molecule has 0 saturated carbocycles. The smallest absolute Gasteiger partial charge is 0.342 e. The van der Waals surface area contributed by atoms with Crippen molar-refractivity contribution in [2.45, 2.75) is 6.54 Å². The van der Waals surface area contributed by atoms with Gasteiger partial charge in [0.15, 0.2) is 18.1 Å². The summed E-state index contributed by atoms with van der Waals surface area (Å²) in [6.45, 7) is 0.701. The van der Waals surface area contributed by atoms with Crippen molar-refractivity contribution in [1.29, 1.82) is 0 Å². The number of methoxy groups -OCH3 is 1. The SMILES string of the molecule is COc1ccc([N+](=O)[O-])cc1C(=O)OCC(=O)N(C)Cc1ccc2c(c1)OCCO2. The standard InChI is InChI=1S/C20H20N2O8/c1-21(11-13-3-5-17-18(9-13)29-8-7-28-17)19(23)12-30-20(24)15-10-14(22(25)26)4-6-16(15)27-2/h3-6,9-10H,7-8,11-12H2,1-2H3. The number of ether oxygens (including phenoxy) is 4. The Hall–Kier alpha value is -3.82. The number of carbonyl (C=O) groups excluding carboxylic acids is 2. The number of hydrogen-bond donors (Lipinski definition) is 0. The lowest BCUT2D eigenvalue weighted by molar-refractivity contribution is -0.384. The van der Waals surface area contributed by atoms with Crippen molar-refractivity contribution in [2.24, 2.45) is 0 Å². The fourth-order valence-electron chi connectivity index (χ4n) is 2.83. The molecule has 0 radical (unpaired) electrons. The fraction of sp³-hybridized carbons (Fsp3) is 0.300. The largest absolute Gasteiger partial charge is 0.496 e. The van der Waals surface area contributed by atoms with Crippen LogP contribution in [-0.4, -0.2) is 55.7 Å². The molecule has 0 N–H and O–H groups in total. The first-order chi connectivity index (χ1) is 14.4. The van der Waals surface area contributed by atoms with E-state index in [2.05, 4.69) is 0 Å². The highest BCUT2D eigenvalue weighted by molar-refractivity contribution is 5.94. The summed E-state index contributed by atoms with van der Waals surface area (Å²) in [7, 11) is 2.89. The van der Waals surface area contributed by atoms with Gasteiger partial charge in [0, 0.05) is 25.7 Å². The molecule has 30 heavy (non-hydrogen) atoms. The molecule has 10 heteroatoms. The summed E-state index contributed by atoms with van der Waals surface area (Å²) in [5, 5.41) is 10.9. The average molecular weight is 416 g/mol. The van der Waals surface area contributed by atoms with E-state index in [-0.39, 0.29) is 23.5 Å². The summed E-state index contributed by atoms with van der Waals surface area (Å²) in [5.41, 5.74) is 0.403. The zero-order chi connectivity index (χ0) is 21.7. The van der Waals surface area contributed by atoms with Crippen LogP contribution in [0.3, 0.4) is 0 Å².